The first-order valence-corrected chi connectivity index (χ1v) is 19.9. The fraction of sp³-hybridized carbons (Fsp3) is 0.514. The molecule has 31 nitrogen and oxygen atoms in total. The Morgan fingerprint density at radius 1 is 0.544 bits per heavy atom. The lowest BCUT2D eigenvalue weighted by Gasteiger charge is -2.18. The molecule has 0 radical (unpaired) electrons. The van der Waals surface area contributed by atoms with Crippen molar-refractivity contribution in [2.24, 2.45) is 0 Å². The summed E-state index contributed by atoms with van der Waals surface area (Å²) in [6.45, 7) is 9.90. The Morgan fingerprint density at radius 2 is 0.882 bits per heavy atom. The summed E-state index contributed by atoms with van der Waals surface area (Å²) < 4.78 is 32.9. The average Bonchev–Trinajstić information content (AvgIpc) is 4.25. The molecule has 10 unspecified atom stereocenters. The summed E-state index contributed by atoms with van der Waals surface area (Å²) in [7, 11) is 3.21. The third kappa shape index (κ3) is 12.5. The van der Waals surface area contributed by atoms with E-state index < -0.39 is 37.0 Å². The first-order chi connectivity index (χ1) is 33.1. The lowest BCUT2D eigenvalue weighted by atomic mass is 10.1. The maximum Gasteiger partial charge on any atom is 0.167 e. The molecule has 374 valence electrons. The Hall–Kier alpha value is -6.46. The quantitative estimate of drug-likeness (QED) is 0.0593. The molecule has 0 bridgehead atoms. The van der Waals surface area contributed by atoms with Gasteiger partial charge in [-0.05, 0) is 0 Å². The number of aliphatic hydroxyl groups is 2. The highest BCUT2D eigenvalue weighted by Gasteiger charge is 2.45. The molecule has 10 atom stereocenters. The van der Waals surface area contributed by atoms with Crippen molar-refractivity contribution in [3.05, 3.63) is 38.0 Å². The molecule has 9 rings (SSSR count). The SMILES string of the molecule is C=O.C=O.C=O.CC.COC1CC(COO)OC1n1cnc2c(N)ncnc21.COC1CC(COO)OC1n1cnc2c(N)ncnc21.Nc1ncnc2c1ncn2C1OC(COO)C(O)C1O. The van der Waals surface area contributed by atoms with Crippen LogP contribution in [0.1, 0.15) is 45.4 Å². The number of aromatic nitrogens is 12. The third-order valence-electron chi connectivity index (χ3n) is 9.98. The highest BCUT2D eigenvalue weighted by molar-refractivity contribution is 5.82. The highest BCUT2D eigenvalue weighted by atomic mass is 17.1. The molecule has 11 N–H and O–H groups in total. The number of anilines is 3. The average molecular weight is 966 g/mol. The molecule has 0 amide bonds. The molecule has 31 heteroatoms. The molecule has 3 aliphatic rings. The van der Waals surface area contributed by atoms with Gasteiger partial charge in [0.2, 0.25) is 0 Å². The summed E-state index contributed by atoms with van der Waals surface area (Å²) in [5.41, 5.74) is 20.1. The van der Waals surface area contributed by atoms with Crippen LogP contribution in [0.15, 0.2) is 38.0 Å². The summed E-state index contributed by atoms with van der Waals surface area (Å²) in [6.07, 6.45) is 3.88. The van der Waals surface area contributed by atoms with E-state index in [0.717, 1.165) is 0 Å². The maximum atomic E-state index is 10.0. The zero-order valence-electron chi connectivity index (χ0n) is 37.2. The molecule has 0 aromatic carbocycles. The van der Waals surface area contributed by atoms with Gasteiger partial charge < -0.3 is 65.5 Å². The van der Waals surface area contributed by atoms with Gasteiger partial charge in [0.15, 0.2) is 53.1 Å². The predicted octanol–water partition coefficient (Wildman–Crippen LogP) is -0.610. The van der Waals surface area contributed by atoms with Gasteiger partial charge in [-0.3, -0.25) is 29.5 Å². The Kier molecular flexibility index (Phi) is 23.0. The second-order valence-electron chi connectivity index (χ2n) is 13.5. The van der Waals surface area contributed by atoms with Crippen molar-refractivity contribution in [1.82, 2.24) is 58.6 Å². The number of methoxy groups -OCH3 is 2. The van der Waals surface area contributed by atoms with Crippen LogP contribution in [0.25, 0.3) is 33.5 Å². The van der Waals surface area contributed by atoms with Gasteiger partial charge in [0.1, 0.15) is 106 Å². The number of carbonyl (C=O) groups excluding carboxylic acids is 3. The van der Waals surface area contributed by atoms with Crippen molar-refractivity contribution < 1.29 is 78.7 Å². The molecule has 0 saturated carbocycles. The number of ether oxygens (including phenoxy) is 5. The number of nitrogens with zero attached hydrogens (tertiary/aromatic N) is 12. The van der Waals surface area contributed by atoms with Gasteiger partial charge in [0, 0.05) is 27.1 Å². The number of imidazole rings is 3. The first kappa shape index (κ1) is 55.9. The lowest BCUT2D eigenvalue weighted by molar-refractivity contribution is -0.264. The summed E-state index contributed by atoms with van der Waals surface area (Å²) in [5.74, 6) is 0.837. The van der Waals surface area contributed by atoms with Crippen LogP contribution >= 0.6 is 0 Å². The van der Waals surface area contributed by atoms with E-state index in [2.05, 4.69) is 59.5 Å². The van der Waals surface area contributed by atoms with E-state index in [1.807, 2.05) is 34.2 Å². The largest absolute Gasteiger partial charge is 0.387 e. The summed E-state index contributed by atoms with van der Waals surface area (Å²) >= 11 is 0. The molecule has 0 aliphatic carbocycles. The van der Waals surface area contributed by atoms with Crippen LogP contribution in [0.2, 0.25) is 0 Å². The molecule has 6 aromatic rings. The Labute approximate surface area is 385 Å². The smallest absolute Gasteiger partial charge is 0.167 e. The van der Waals surface area contributed by atoms with Gasteiger partial charge in [-0.1, -0.05) is 13.8 Å². The van der Waals surface area contributed by atoms with Crippen LogP contribution in [0.4, 0.5) is 17.5 Å². The highest BCUT2D eigenvalue weighted by Crippen LogP contribution is 2.35. The van der Waals surface area contributed by atoms with Gasteiger partial charge in [-0.2, -0.15) is 0 Å². The predicted molar refractivity (Wildman–Crippen MR) is 232 cm³/mol. The van der Waals surface area contributed by atoms with E-state index in [1.54, 1.807) is 36.0 Å². The van der Waals surface area contributed by atoms with Gasteiger partial charge >= 0.3 is 0 Å². The number of rotatable bonds is 11. The Balaban J connectivity index is 0.000000251. The van der Waals surface area contributed by atoms with Crippen molar-refractivity contribution in [2.45, 2.75) is 88.1 Å². The van der Waals surface area contributed by atoms with Crippen molar-refractivity contribution in [2.75, 3.05) is 51.2 Å². The maximum absolute atomic E-state index is 10.0. The van der Waals surface area contributed by atoms with E-state index in [9.17, 15) is 10.2 Å². The van der Waals surface area contributed by atoms with E-state index >= 15 is 0 Å². The molecular weight excluding hydrogens is 910 g/mol. The fourth-order valence-electron chi connectivity index (χ4n) is 7.07. The Morgan fingerprint density at radius 3 is 1.21 bits per heavy atom. The van der Waals surface area contributed by atoms with E-state index in [1.165, 1.54) is 29.9 Å². The monoisotopic (exact) mass is 965 g/mol. The van der Waals surface area contributed by atoms with Crippen LogP contribution in [-0.4, -0.2) is 182 Å². The topological polar surface area (TPSA) is 435 Å². The second kappa shape index (κ2) is 28.0. The number of hydrogen-bond donors (Lipinski definition) is 8. The van der Waals surface area contributed by atoms with Crippen molar-refractivity contribution in [3.63, 3.8) is 0 Å². The van der Waals surface area contributed by atoms with Crippen LogP contribution in [0, 0.1) is 0 Å². The van der Waals surface area contributed by atoms with E-state index in [0.29, 0.717) is 58.0 Å². The van der Waals surface area contributed by atoms with Gasteiger partial charge in [0.25, 0.3) is 0 Å². The molecule has 3 fully saturated rings. The van der Waals surface area contributed by atoms with Crippen LogP contribution < -0.4 is 17.2 Å². The number of carbonyl (C=O) groups is 3. The van der Waals surface area contributed by atoms with E-state index in [4.69, 9.17) is 71.0 Å². The summed E-state index contributed by atoms with van der Waals surface area (Å²) in [5, 5.41) is 45.3. The third-order valence-corrected chi connectivity index (χ3v) is 9.98. The molecule has 3 saturated heterocycles. The molecular formula is C37H55N15O16. The fourth-order valence-corrected chi connectivity index (χ4v) is 7.07. The van der Waals surface area contributed by atoms with E-state index in [-0.39, 0.29) is 50.1 Å². The standard InChI is InChI=1S/2C11H15N5O4.C10H13N5O5.C2H6.3CH2O/c2*1-18-7-2-6(3-19-17)20-11(7)16-5-15-8-9(12)13-4-14-10(8)16;11-8-5-9(13-2-12-8)15(3-14-5)10-7(17)6(16)4(20-10)1-19-18;4*1-2/h2*4-7,11,17H,2-3H2,1H3,(H2,12,13,14);2-4,6-7,10,16-18H,1H2,(H2,11,12,13);1-2H3;3*1H2. The number of aliphatic hydroxyl groups excluding tert-OH is 2. The Bertz CT molecular complexity index is 2180. The minimum absolute atomic E-state index is 0.0834. The zero-order valence-corrected chi connectivity index (χ0v) is 37.2. The van der Waals surface area contributed by atoms with Crippen molar-refractivity contribution in [3.8, 4) is 0 Å². The number of nitrogens with two attached hydrogens (primary N) is 3. The van der Waals surface area contributed by atoms with Gasteiger partial charge in [-0.25, -0.2) is 59.5 Å². The van der Waals surface area contributed by atoms with Crippen molar-refractivity contribution in [1.29, 1.82) is 0 Å². The number of fused-ring (bicyclic) bond motifs is 3. The zero-order chi connectivity index (χ0) is 50.5. The van der Waals surface area contributed by atoms with Crippen LogP contribution in [0.3, 0.4) is 0 Å². The van der Waals surface area contributed by atoms with Crippen LogP contribution in [0.5, 0.6) is 0 Å². The molecule has 6 aromatic heterocycles. The lowest BCUT2D eigenvalue weighted by Crippen LogP contribution is -2.33. The number of hydrogen-bond acceptors (Lipinski definition) is 28. The summed E-state index contributed by atoms with van der Waals surface area (Å²) in [6, 6.07) is 0. The minimum atomic E-state index is -1.22. The number of nitrogen functional groups attached to an aromatic ring is 3. The van der Waals surface area contributed by atoms with Gasteiger partial charge in [-0.15, -0.1) is 0 Å². The molecule has 0 spiro atoms. The normalized spacial score (nSPS) is 24.7. The molecule has 68 heavy (non-hydrogen) atoms. The van der Waals surface area contributed by atoms with Crippen LogP contribution in [-0.2, 0) is 52.7 Å². The molecule has 9 heterocycles. The van der Waals surface area contributed by atoms with Gasteiger partial charge in [0.05, 0.1) is 31.2 Å². The second-order valence-corrected chi connectivity index (χ2v) is 13.5. The molecule has 3 aliphatic heterocycles. The minimum Gasteiger partial charge on any atom is -0.387 e. The summed E-state index contributed by atoms with van der Waals surface area (Å²) in [4.78, 5) is 72.7. The van der Waals surface area contributed by atoms with Crippen molar-refractivity contribution >= 4 is 71.3 Å². The first-order valence-electron chi connectivity index (χ1n) is 19.9.